The fourth-order valence-corrected chi connectivity index (χ4v) is 2.84. The van der Waals surface area contributed by atoms with Crippen molar-refractivity contribution in [3.63, 3.8) is 0 Å². The summed E-state index contributed by atoms with van der Waals surface area (Å²) in [4.78, 5) is 17.0. The van der Waals surface area contributed by atoms with E-state index in [1.807, 2.05) is 0 Å². The van der Waals surface area contributed by atoms with E-state index in [-0.39, 0.29) is 5.97 Å². The van der Waals surface area contributed by atoms with E-state index >= 15 is 0 Å². The third-order valence-electron chi connectivity index (χ3n) is 3.37. The van der Waals surface area contributed by atoms with Gasteiger partial charge in [-0.25, -0.2) is 0 Å². The molecule has 1 heterocycles. The summed E-state index contributed by atoms with van der Waals surface area (Å²) in [5.41, 5.74) is 0. The minimum atomic E-state index is -0.118. The molecule has 0 aliphatic rings. The van der Waals surface area contributed by atoms with Gasteiger partial charge in [0, 0.05) is 30.9 Å². The van der Waals surface area contributed by atoms with Gasteiger partial charge in [0.15, 0.2) is 5.96 Å². The highest BCUT2D eigenvalue weighted by molar-refractivity contribution is 7.09. The van der Waals surface area contributed by atoms with E-state index in [4.69, 9.17) is 0 Å². The van der Waals surface area contributed by atoms with Crippen LogP contribution in [0.1, 0.15) is 43.9 Å². The largest absolute Gasteiger partial charge is 0.469 e. The zero-order valence-electron chi connectivity index (χ0n) is 14.3. The van der Waals surface area contributed by atoms with Crippen molar-refractivity contribution in [3.8, 4) is 0 Å². The maximum atomic E-state index is 11.0. The van der Waals surface area contributed by atoms with Gasteiger partial charge in [0.2, 0.25) is 0 Å². The van der Waals surface area contributed by atoms with Crippen molar-refractivity contribution < 1.29 is 9.53 Å². The zero-order chi connectivity index (χ0) is 16.8. The number of nitrogens with one attached hydrogen (secondary N) is 2. The van der Waals surface area contributed by atoms with E-state index in [9.17, 15) is 4.79 Å². The molecular formula is C17H29N3O2S. The number of methoxy groups -OCH3 is 1. The minimum absolute atomic E-state index is 0.118. The quantitative estimate of drug-likeness (QED) is 0.282. The van der Waals surface area contributed by atoms with Crippen molar-refractivity contribution in [2.24, 2.45) is 4.99 Å². The number of hydrogen-bond donors (Lipinski definition) is 2. The molecule has 1 aromatic rings. The maximum Gasteiger partial charge on any atom is 0.305 e. The van der Waals surface area contributed by atoms with Crippen LogP contribution in [0.5, 0.6) is 0 Å². The Hall–Kier alpha value is -1.56. The van der Waals surface area contributed by atoms with Crippen LogP contribution < -0.4 is 10.6 Å². The summed E-state index contributed by atoms with van der Waals surface area (Å²) >= 11 is 1.79. The Morgan fingerprint density at radius 2 is 2.09 bits per heavy atom. The first kappa shape index (κ1) is 19.5. The van der Waals surface area contributed by atoms with Crippen molar-refractivity contribution in [1.82, 2.24) is 10.6 Å². The van der Waals surface area contributed by atoms with Crippen molar-refractivity contribution in [2.75, 3.05) is 26.7 Å². The Bertz CT molecular complexity index is 447. The lowest BCUT2D eigenvalue weighted by atomic mass is 10.1. The third kappa shape index (κ3) is 9.94. The molecule has 6 heteroatoms. The molecule has 130 valence electrons. The van der Waals surface area contributed by atoms with Gasteiger partial charge in [0.25, 0.3) is 0 Å². The van der Waals surface area contributed by atoms with E-state index in [1.54, 1.807) is 11.3 Å². The normalized spacial score (nSPS) is 11.3. The van der Waals surface area contributed by atoms with Crippen molar-refractivity contribution in [2.45, 2.75) is 45.4 Å². The number of carbonyl (C=O) groups is 1. The molecule has 0 fully saturated rings. The van der Waals surface area contributed by atoms with Gasteiger partial charge >= 0.3 is 5.97 Å². The summed E-state index contributed by atoms with van der Waals surface area (Å²) in [7, 11) is 1.44. The Kier molecular flexibility index (Phi) is 11.0. The van der Waals surface area contributed by atoms with Gasteiger partial charge < -0.3 is 15.4 Å². The number of rotatable bonds is 11. The molecule has 0 amide bonds. The van der Waals surface area contributed by atoms with Crippen molar-refractivity contribution in [1.29, 1.82) is 0 Å². The monoisotopic (exact) mass is 339 g/mol. The van der Waals surface area contributed by atoms with E-state index in [0.717, 1.165) is 57.7 Å². The molecule has 0 aromatic carbocycles. The van der Waals surface area contributed by atoms with Crippen LogP contribution in [0.3, 0.4) is 0 Å². The van der Waals surface area contributed by atoms with Crippen LogP contribution in [0.2, 0.25) is 0 Å². The van der Waals surface area contributed by atoms with Gasteiger partial charge in [0.05, 0.1) is 7.11 Å². The highest BCUT2D eigenvalue weighted by Crippen LogP contribution is 2.08. The van der Waals surface area contributed by atoms with Crippen LogP contribution in [-0.2, 0) is 16.0 Å². The number of nitrogens with zero attached hydrogens (tertiary/aromatic N) is 1. The number of hydrogen-bond acceptors (Lipinski definition) is 4. The number of thiophene rings is 1. The summed E-state index contributed by atoms with van der Waals surface area (Å²) in [6, 6.07) is 4.24. The number of ether oxygens (including phenoxy) is 1. The number of esters is 1. The molecule has 0 radical (unpaired) electrons. The highest BCUT2D eigenvalue weighted by Gasteiger charge is 2.00. The van der Waals surface area contributed by atoms with Gasteiger partial charge in [-0.3, -0.25) is 9.79 Å². The van der Waals surface area contributed by atoms with Crippen LogP contribution in [-0.4, -0.2) is 38.7 Å². The fourth-order valence-electron chi connectivity index (χ4n) is 2.13. The standard InChI is InChI=1S/C17H29N3O2S/c1-3-18-17(20-13-11-15-9-8-14-23-15)19-12-7-5-4-6-10-16(21)22-2/h8-9,14H,3-7,10-13H2,1-2H3,(H2,18,19,20). The third-order valence-corrected chi connectivity index (χ3v) is 4.31. The molecule has 0 saturated carbocycles. The van der Waals surface area contributed by atoms with Crippen molar-refractivity contribution in [3.05, 3.63) is 22.4 Å². The Morgan fingerprint density at radius 1 is 1.26 bits per heavy atom. The smallest absolute Gasteiger partial charge is 0.305 e. The zero-order valence-corrected chi connectivity index (χ0v) is 15.1. The first-order chi connectivity index (χ1) is 11.3. The van der Waals surface area contributed by atoms with Crippen LogP contribution in [0.15, 0.2) is 22.5 Å². The molecule has 0 bridgehead atoms. The summed E-state index contributed by atoms with van der Waals surface area (Å²) in [5.74, 6) is 0.769. The van der Waals surface area contributed by atoms with Crippen LogP contribution in [0.4, 0.5) is 0 Å². The molecule has 2 N–H and O–H groups in total. The first-order valence-corrected chi connectivity index (χ1v) is 9.25. The Labute approximate surface area is 143 Å². The van der Waals surface area contributed by atoms with Crippen molar-refractivity contribution >= 4 is 23.3 Å². The summed E-state index contributed by atoms with van der Waals surface area (Å²) in [6.07, 6.45) is 5.63. The molecule has 1 aromatic heterocycles. The molecule has 0 unspecified atom stereocenters. The topological polar surface area (TPSA) is 62.7 Å². The lowest BCUT2D eigenvalue weighted by Gasteiger charge is -2.10. The molecule has 0 aliphatic carbocycles. The first-order valence-electron chi connectivity index (χ1n) is 8.37. The second-order valence-electron chi connectivity index (χ2n) is 5.26. The summed E-state index contributed by atoms with van der Waals surface area (Å²) in [6.45, 7) is 4.64. The number of guanidine groups is 1. The molecule has 1 rings (SSSR count). The maximum absolute atomic E-state index is 11.0. The Morgan fingerprint density at radius 3 is 2.78 bits per heavy atom. The minimum Gasteiger partial charge on any atom is -0.469 e. The van der Waals surface area contributed by atoms with E-state index in [1.165, 1.54) is 12.0 Å². The molecule has 0 spiro atoms. The van der Waals surface area contributed by atoms with Crippen LogP contribution in [0.25, 0.3) is 0 Å². The van der Waals surface area contributed by atoms with Gasteiger partial charge in [-0.1, -0.05) is 18.9 Å². The summed E-state index contributed by atoms with van der Waals surface area (Å²) < 4.78 is 4.62. The van der Waals surface area contributed by atoms with Crippen LogP contribution in [0, 0.1) is 0 Å². The molecule has 0 aliphatic heterocycles. The number of aliphatic imine (C=N–C) groups is 1. The Balaban J connectivity index is 2.12. The van der Waals surface area contributed by atoms with Gasteiger partial charge in [-0.05, 0) is 37.6 Å². The van der Waals surface area contributed by atoms with Gasteiger partial charge in [0.1, 0.15) is 0 Å². The van der Waals surface area contributed by atoms with Gasteiger partial charge in [-0.15, -0.1) is 11.3 Å². The van der Waals surface area contributed by atoms with E-state index < -0.39 is 0 Å². The molecular weight excluding hydrogens is 310 g/mol. The lowest BCUT2D eigenvalue weighted by Crippen LogP contribution is -2.38. The SMILES string of the molecule is CCNC(=NCCCCCCC(=O)OC)NCCc1cccs1. The molecule has 0 saturated heterocycles. The van der Waals surface area contributed by atoms with Gasteiger partial charge in [-0.2, -0.15) is 0 Å². The average molecular weight is 340 g/mol. The summed E-state index contributed by atoms with van der Waals surface area (Å²) in [5, 5.41) is 8.74. The van der Waals surface area contributed by atoms with Crippen LogP contribution >= 0.6 is 11.3 Å². The number of unbranched alkanes of at least 4 members (excludes halogenated alkanes) is 3. The van der Waals surface area contributed by atoms with E-state index in [2.05, 4.69) is 44.8 Å². The predicted octanol–water partition coefficient (Wildman–Crippen LogP) is 2.97. The second-order valence-corrected chi connectivity index (χ2v) is 6.29. The molecule has 0 atom stereocenters. The average Bonchev–Trinajstić information content (AvgIpc) is 3.07. The molecule has 5 nitrogen and oxygen atoms in total. The number of carbonyl (C=O) groups excluding carboxylic acids is 1. The lowest BCUT2D eigenvalue weighted by molar-refractivity contribution is -0.140. The highest BCUT2D eigenvalue weighted by atomic mass is 32.1. The van der Waals surface area contributed by atoms with E-state index in [0.29, 0.717) is 6.42 Å². The second kappa shape index (κ2) is 12.9. The molecule has 23 heavy (non-hydrogen) atoms. The fraction of sp³-hybridized carbons (Fsp3) is 0.647. The predicted molar refractivity (Wildman–Crippen MR) is 97.1 cm³/mol.